The van der Waals surface area contributed by atoms with Gasteiger partial charge in [0.15, 0.2) is 0 Å². The summed E-state index contributed by atoms with van der Waals surface area (Å²) in [7, 11) is 0. The largest absolute Gasteiger partial charge is 0.391 e. The fraction of sp³-hybridized carbons (Fsp3) is 0.778. The van der Waals surface area contributed by atoms with E-state index in [1.54, 1.807) is 13.0 Å². The van der Waals surface area contributed by atoms with Crippen LogP contribution >= 0.6 is 0 Å². The van der Waals surface area contributed by atoms with Gasteiger partial charge in [-0.2, -0.15) is 0 Å². The Labute approximate surface area is 74.0 Å². The number of hydrogen-bond donors (Lipinski definition) is 1. The molecule has 0 heterocycles. The molecule has 1 N–H and O–H groups in total. The Morgan fingerprint density at radius 2 is 2.08 bits per heavy atom. The van der Waals surface area contributed by atoms with Gasteiger partial charge in [-0.25, -0.2) is 0 Å². The molecule has 0 unspecified atom stereocenters. The van der Waals surface area contributed by atoms with Gasteiger partial charge in [-0.3, -0.25) is 0 Å². The summed E-state index contributed by atoms with van der Waals surface area (Å²) in [6, 6.07) is 0. The van der Waals surface area contributed by atoms with Gasteiger partial charge in [0, 0.05) is 0 Å². The molecule has 0 saturated carbocycles. The molecular formula is C9H18O3. The lowest BCUT2D eigenvalue weighted by molar-refractivity contribution is -0.0320. The lowest BCUT2D eigenvalue weighted by Crippen LogP contribution is -2.21. The standard InChI is InChI=1S/C9H18O3/c1-4-5-11-7-9(3)12-6-8(2)10/h4,8-10H,1,5-7H2,2-3H3/t8-,9+/m1/s1. The van der Waals surface area contributed by atoms with E-state index in [0.717, 1.165) is 0 Å². The normalized spacial score (nSPS) is 15.6. The smallest absolute Gasteiger partial charge is 0.0781 e. The maximum atomic E-state index is 8.89. The Morgan fingerprint density at radius 3 is 2.58 bits per heavy atom. The van der Waals surface area contributed by atoms with Crippen LogP contribution in [0.2, 0.25) is 0 Å². The fourth-order valence-electron chi connectivity index (χ4n) is 0.669. The van der Waals surface area contributed by atoms with Gasteiger partial charge in [0.05, 0.1) is 32.0 Å². The van der Waals surface area contributed by atoms with Crippen molar-refractivity contribution in [2.24, 2.45) is 0 Å². The monoisotopic (exact) mass is 174 g/mol. The minimum absolute atomic E-state index is 0.0274. The molecule has 0 radical (unpaired) electrons. The summed E-state index contributed by atoms with van der Waals surface area (Å²) in [5, 5.41) is 8.89. The molecule has 0 bridgehead atoms. The second-order valence-electron chi connectivity index (χ2n) is 2.82. The van der Waals surface area contributed by atoms with Crippen LogP contribution in [-0.4, -0.2) is 37.1 Å². The first kappa shape index (κ1) is 11.6. The first-order chi connectivity index (χ1) is 5.66. The van der Waals surface area contributed by atoms with Crippen LogP contribution in [0.3, 0.4) is 0 Å². The van der Waals surface area contributed by atoms with Gasteiger partial charge in [-0.1, -0.05) is 6.08 Å². The van der Waals surface area contributed by atoms with Crippen LogP contribution in [0.25, 0.3) is 0 Å². The minimum Gasteiger partial charge on any atom is -0.391 e. The highest BCUT2D eigenvalue weighted by Crippen LogP contribution is 1.93. The molecule has 0 aromatic rings. The molecule has 0 spiro atoms. The molecule has 0 rings (SSSR count). The fourth-order valence-corrected chi connectivity index (χ4v) is 0.669. The Kier molecular flexibility index (Phi) is 7.05. The van der Waals surface area contributed by atoms with Crippen molar-refractivity contribution in [2.45, 2.75) is 26.1 Å². The van der Waals surface area contributed by atoms with Crippen molar-refractivity contribution >= 4 is 0 Å². The first-order valence-electron chi connectivity index (χ1n) is 4.15. The van der Waals surface area contributed by atoms with Crippen LogP contribution in [-0.2, 0) is 9.47 Å². The first-order valence-corrected chi connectivity index (χ1v) is 4.15. The predicted octanol–water partition coefficient (Wildman–Crippen LogP) is 0.975. The van der Waals surface area contributed by atoms with Crippen molar-refractivity contribution in [1.29, 1.82) is 0 Å². The Balaban J connectivity index is 3.21. The summed E-state index contributed by atoms with van der Waals surface area (Å²) in [5.41, 5.74) is 0. The third-order valence-corrected chi connectivity index (χ3v) is 1.21. The van der Waals surface area contributed by atoms with E-state index in [4.69, 9.17) is 14.6 Å². The van der Waals surface area contributed by atoms with E-state index < -0.39 is 6.10 Å². The maximum Gasteiger partial charge on any atom is 0.0781 e. The number of hydrogen-bond acceptors (Lipinski definition) is 3. The van der Waals surface area contributed by atoms with Gasteiger partial charge >= 0.3 is 0 Å². The molecule has 0 aliphatic heterocycles. The van der Waals surface area contributed by atoms with Crippen LogP contribution in [0.15, 0.2) is 12.7 Å². The molecule has 0 fully saturated rings. The van der Waals surface area contributed by atoms with Crippen molar-refractivity contribution in [3.63, 3.8) is 0 Å². The SMILES string of the molecule is C=CCOC[C@H](C)OC[C@@H](C)O. The molecule has 0 amide bonds. The average molecular weight is 174 g/mol. The molecule has 12 heavy (non-hydrogen) atoms. The zero-order valence-corrected chi connectivity index (χ0v) is 7.82. The highest BCUT2D eigenvalue weighted by atomic mass is 16.5. The highest BCUT2D eigenvalue weighted by molar-refractivity contribution is 4.64. The number of aliphatic hydroxyl groups excluding tert-OH is 1. The lowest BCUT2D eigenvalue weighted by Gasteiger charge is -2.13. The molecule has 72 valence electrons. The van der Waals surface area contributed by atoms with Gasteiger partial charge in [0.1, 0.15) is 0 Å². The van der Waals surface area contributed by atoms with Crippen LogP contribution in [0, 0.1) is 0 Å². The average Bonchev–Trinajstić information content (AvgIpc) is 2.01. The summed E-state index contributed by atoms with van der Waals surface area (Å²) in [6.07, 6.45) is 1.31. The lowest BCUT2D eigenvalue weighted by atomic mass is 10.4. The summed E-state index contributed by atoms with van der Waals surface area (Å²) < 4.78 is 10.4. The molecule has 3 heteroatoms. The number of rotatable bonds is 7. The van der Waals surface area contributed by atoms with Crippen LogP contribution in [0.5, 0.6) is 0 Å². The van der Waals surface area contributed by atoms with E-state index in [9.17, 15) is 0 Å². The van der Waals surface area contributed by atoms with Gasteiger partial charge in [0.25, 0.3) is 0 Å². The summed E-state index contributed by atoms with van der Waals surface area (Å²) >= 11 is 0. The zero-order valence-electron chi connectivity index (χ0n) is 7.82. The van der Waals surface area contributed by atoms with E-state index in [1.165, 1.54) is 0 Å². The maximum absolute atomic E-state index is 8.89. The third kappa shape index (κ3) is 7.72. The van der Waals surface area contributed by atoms with E-state index in [0.29, 0.717) is 19.8 Å². The number of ether oxygens (including phenoxy) is 2. The minimum atomic E-state index is -0.410. The topological polar surface area (TPSA) is 38.7 Å². The zero-order chi connectivity index (χ0) is 9.40. The molecule has 2 atom stereocenters. The quantitative estimate of drug-likeness (QED) is 0.462. The summed E-state index contributed by atoms with van der Waals surface area (Å²) in [5.74, 6) is 0. The second kappa shape index (κ2) is 7.28. The molecule has 3 nitrogen and oxygen atoms in total. The van der Waals surface area contributed by atoms with Gasteiger partial charge in [-0.05, 0) is 13.8 Å². The van der Waals surface area contributed by atoms with Crippen molar-refractivity contribution in [3.05, 3.63) is 12.7 Å². The second-order valence-corrected chi connectivity index (χ2v) is 2.82. The van der Waals surface area contributed by atoms with E-state index in [2.05, 4.69) is 6.58 Å². The van der Waals surface area contributed by atoms with Crippen molar-refractivity contribution in [2.75, 3.05) is 19.8 Å². The van der Waals surface area contributed by atoms with Crippen molar-refractivity contribution in [3.8, 4) is 0 Å². The van der Waals surface area contributed by atoms with E-state index >= 15 is 0 Å². The van der Waals surface area contributed by atoms with E-state index in [-0.39, 0.29) is 6.10 Å². The van der Waals surface area contributed by atoms with Crippen LogP contribution in [0.4, 0.5) is 0 Å². The van der Waals surface area contributed by atoms with Crippen molar-refractivity contribution < 1.29 is 14.6 Å². The Hall–Kier alpha value is -0.380. The molecule has 0 saturated heterocycles. The van der Waals surface area contributed by atoms with Gasteiger partial charge < -0.3 is 14.6 Å². The number of aliphatic hydroxyl groups is 1. The van der Waals surface area contributed by atoms with Crippen LogP contribution in [0.1, 0.15) is 13.8 Å². The van der Waals surface area contributed by atoms with Crippen molar-refractivity contribution in [1.82, 2.24) is 0 Å². The molecule has 0 aromatic carbocycles. The van der Waals surface area contributed by atoms with E-state index in [1.807, 2.05) is 6.92 Å². The molecule has 0 aliphatic carbocycles. The van der Waals surface area contributed by atoms with Gasteiger partial charge in [0.2, 0.25) is 0 Å². The highest BCUT2D eigenvalue weighted by Gasteiger charge is 2.03. The Bertz CT molecular complexity index is 112. The predicted molar refractivity (Wildman–Crippen MR) is 48.1 cm³/mol. The molecular weight excluding hydrogens is 156 g/mol. The molecule has 0 aliphatic rings. The Morgan fingerprint density at radius 1 is 1.42 bits per heavy atom. The molecule has 0 aromatic heterocycles. The van der Waals surface area contributed by atoms with Crippen LogP contribution < -0.4 is 0 Å². The summed E-state index contributed by atoms with van der Waals surface area (Å²) in [6.45, 7) is 8.57. The third-order valence-electron chi connectivity index (χ3n) is 1.21. The van der Waals surface area contributed by atoms with Gasteiger partial charge in [-0.15, -0.1) is 6.58 Å². The summed E-state index contributed by atoms with van der Waals surface area (Å²) in [4.78, 5) is 0.